The molecule has 0 N–H and O–H groups in total. The van der Waals surface area contributed by atoms with E-state index < -0.39 is 21.8 Å². The fourth-order valence-electron chi connectivity index (χ4n) is 4.07. The average molecular weight is 484 g/mol. The highest BCUT2D eigenvalue weighted by atomic mass is 32.2. The summed E-state index contributed by atoms with van der Waals surface area (Å²) in [5.74, 6) is -0.899. The fourth-order valence-corrected chi connectivity index (χ4v) is 5.47. The van der Waals surface area contributed by atoms with Crippen molar-refractivity contribution >= 4 is 21.8 Å². The van der Waals surface area contributed by atoms with E-state index in [1.54, 1.807) is 68.1 Å². The van der Waals surface area contributed by atoms with Gasteiger partial charge in [0.05, 0.1) is 18.0 Å². The summed E-state index contributed by atoms with van der Waals surface area (Å²) in [6.07, 6.45) is 3.17. The first-order valence-corrected chi connectivity index (χ1v) is 12.5. The van der Waals surface area contributed by atoms with Gasteiger partial charge in [-0.3, -0.25) is 9.78 Å². The van der Waals surface area contributed by atoms with Crippen LogP contribution in [0.1, 0.15) is 51.5 Å². The lowest BCUT2D eigenvalue weighted by molar-refractivity contribution is 0.0512. The first-order valence-electron chi connectivity index (χ1n) is 11.1. The standard InChI is InChI=1S/C25H29N3O5S/c1-5-28-19(4)23(18(3)24(28)25(30)33-6-2)22(29)17-27(16-20-11-10-14-26-15-20)34(31,32)21-12-8-7-9-13-21/h7-15H,5-6,16-17H2,1-4H3. The van der Waals surface area contributed by atoms with Gasteiger partial charge in [0.15, 0.2) is 5.78 Å². The molecule has 0 aliphatic carbocycles. The van der Waals surface area contributed by atoms with Crippen molar-refractivity contribution in [3.05, 3.63) is 82.9 Å². The van der Waals surface area contributed by atoms with E-state index in [0.29, 0.717) is 34.6 Å². The average Bonchev–Trinajstić information content (AvgIpc) is 3.09. The molecule has 0 amide bonds. The molecule has 0 saturated carbocycles. The third kappa shape index (κ3) is 5.10. The van der Waals surface area contributed by atoms with Gasteiger partial charge in [0.25, 0.3) is 0 Å². The molecule has 0 aliphatic rings. The third-order valence-corrected chi connectivity index (χ3v) is 7.42. The number of rotatable bonds is 10. The molecule has 0 saturated heterocycles. The summed E-state index contributed by atoms with van der Waals surface area (Å²) in [6.45, 7) is 7.31. The van der Waals surface area contributed by atoms with Crippen LogP contribution in [0.4, 0.5) is 0 Å². The Morgan fingerprint density at radius 3 is 2.35 bits per heavy atom. The number of sulfonamides is 1. The van der Waals surface area contributed by atoms with Crippen molar-refractivity contribution in [1.29, 1.82) is 0 Å². The summed E-state index contributed by atoms with van der Waals surface area (Å²) >= 11 is 0. The van der Waals surface area contributed by atoms with E-state index in [1.807, 2.05) is 6.92 Å². The third-order valence-electron chi connectivity index (χ3n) is 5.61. The smallest absolute Gasteiger partial charge is 0.355 e. The molecule has 8 nitrogen and oxygen atoms in total. The predicted octanol–water partition coefficient (Wildman–Crippen LogP) is 3.77. The van der Waals surface area contributed by atoms with E-state index in [9.17, 15) is 18.0 Å². The second kappa shape index (κ2) is 10.8. The van der Waals surface area contributed by atoms with E-state index in [-0.39, 0.29) is 24.6 Å². The highest BCUT2D eigenvalue weighted by molar-refractivity contribution is 7.89. The molecular weight excluding hydrogens is 454 g/mol. The molecule has 3 aromatic rings. The number of carbonyl (C=O) groups is 2. The van der Waals surface area contributed by atoms with Crippen LogP contribution in [0.25, 0.3) is 0 Å². The number of esters is 1. The van der Waals surface area contributed by atoms with Gasteiger partial charge in [0, 0.05) is 36.7 Å². The zero-order valence-corrected chi connectivity index (χ0v) is 20.6. The fraction of sp³-hybridized carbons (Fsp3) is 0.320. The molecule has 1 aromatic carbocycles. The minimum Gasteiger partial charge on any atom is -0.461 e. The molecule has 0 spiro atoms. The van der Waals surface area contributed by atoms with E-state index in [4.69, 9.17) is 4.74 Å². The lowest BCUT2D eigenvalue weighted by Gasteiger charge is -2.22. The Balaban J connectivity index is 2.03. The number of Topliss-reactive ketones (excluding diaryl/α,β-unsaturated/α-hetero) is 1. The maximum Gasteiger partial charge on any atom is 0.355 e. The van der Waals surface area contributed by atoms with Gasteiger partial charge in [0.2, 0.25) is 10.0 Å². The first kappa shape index (κ1) is 25.3. The lowest BCUT2D eigenvalue weighted by atomic mass is 10.1. The maximum atomic E-state index is 13.5. The van der Waals surface area contributed by atoms with Crippen LogP contribution < -0.4 is 0 Å². The van der Waals surface area contributed by atoms with Gasteiger partial charge in [0.1, 0.15) is 5.69 Å². The highest BCUT2D eigenvalue weighted by Crippen LogP contribution is 2.26. The molecule has 180 valence electrons. The van der Waals surface area contributed by atoms with Crippen LogP contribution in [-0.2, 0) is 27.8 Å². The summed E-state index contributed by atoms with van der Waals surface area (Å²) in [4.78, 5) is 30.3. The Kier molecular flexibility index (Phi) is 8.01. The summed E-state index contributed by atoms with van der Waals surface area (Å²) in [6, 6.07) is 11.5. The van der Waals surface area contributed by atoms with Gasteiger partial charge in [-0.15, -0.1) is 0 Å². The molecule has 0 bridgehead atoms. The van der Waals surface area contributed by atoms with Gasteiger partial charge >= 0.3 is 5.97 Å². The molecule has 0 aliphatic heterocycles. The van der Waals surface area contributed by atoms with Gasteiger partial charge in [-0.1, -0.05) is 24.3 Å². The SMILES string of the molecule is CCOC(=O)c1c(C)c(C(=O)CN(Cc2cccnc2)S(=O)(=O)c2ccccc2)c(C)n1CC. The lowest BCUT2D eigenvalue weighted by Crippen LogP contribution is -2.35. The van der Waals surface area contributed by atoms with Crippen molar-refractivity contribution in [2.45, 2.75) is 45.7 Å². The Labute approximate surface area is 200 Å². The Bertz CT molecular complexity index is 1270. The number of carbonyl (C=O) groups excluding carboxylic acids is 2. The molecule has 2 heterocycles. The van der Waals surface area contributed by atoms with Gasteiger partial charge in [-0.2, -0.15) is 4.31 Å². The van der Waals surface area contributed by atoms with Crippen molar-refractivity contribution in [3.63, 3.8) is 0 Å². The molecule has 2 aromatic heterocycles. The number of hydrogen-bond donors (Lipinski definition) is 0. The van der Waals surface area contributed by atoms with Crippen LogP contribution in [0.3, 0.4) is 0 Å². The highest BCUT2D eigenvalue weighted by Gasteiger charge is 2.31. The van der Waals surface area contributed by atoms with E-state index in [0.717, 1.165) is 4.31 Å². The number of benzene rings is 1. The maximum absolute atomic E-state index is 13.5. The second-order valence-electron chi connectivity index (χ2n) is 7.77. The van der Waals surface area contributed by atoms with Gasteiger partial charge < -0.3 is 9.30 Å². The van der Waals surface area contributed by atoms with Crippen molar-refractivity contribution in [2.24, 2.45) is 0 Å². The summed E-state index contributed by atoms with van der Waals surface area (Å²) in [5, 5.41) is 0. The van der Waals surface area contributed by atoms with E-state index in [1.165, 1.54) is 12.1 Å². The van der Waals surface area contributed by atoms with Crippen molar-refractivity contribution in [3.8, 4) is 0 Å². The molecule has 0 unspecified atom stereocenters. The Morgan fingerprint density at radius 1 is 1.06 bits per heavy atom. The van der Waals surface area contributed by atoms with Crippen molar-refractivity contribution < 1.29 is 22.7 Å². The van der Waals surface area contributed by atoms with Crippen LogP contribution in [0.15, 0.2) is 59.8 Å². The summed E-state index contributed by atoms with van der Waals surface area (Å²) in [7, 11) is -3.98. The topological polar surface area (TPSA) is 98.6 Å². The van der Waals surface area contributed by atoms with Crippen molar-refractivity contribution in [1.82, 2.24) is 13.9 Å². The number of ketones is 1. The molecular formula is C25H29N3O5S. The molecule has 0 atom stereocenters. The van der Waals surface area contributed by atoms with E-state index >= 15 is 0 Å². The molecule has 0 radical (unpaired) electrons. The second-order valence-corrected chi connectivity index (χ2v) is 9.71. The largest absolute Gasteiger partial charge is 0.461 e. The molecule has 34 heavy (non-hydrogen) atoms. The van der Waals surface area contributed by atoms with Crippen LogP contribution >= 0.6 is 0 Å². The van der Waals surface area contributed by atoms with Crippen LogP contribution in [0, 0.1) is 13.8 Å². The van der Waals surface area contributed by atoms with Crippen LogP contribution in [0.5, 0.6) is 0 Å². The number of hydrogen-bond acceptors (Lipinski definition) is 6. The molecule has 0 fully saturated rings. The van der Waals surface area contributed by atoms with Crippen molar-refractivity contribution in [2.75, 3.05) is 13.2 Å². The zero-order chi connectivity index (χ0) is 24.9. The molecule has 9 heteroatoms. The minimum atomic E-state index is -3.98. The predicted molar refractivity (Wildman–Crippen MR) is 128 cm³/mol. The normalized spacial score (nSPS) is 11.6. The van der Waals surface area contributed by atoms with E-state index in [2.05, 4.69) is 4.98 Å². The van der Waals surface area contributed by atoms with Crippen LogP contribution in [-0.4, -0.2) is 47.2 Å². The van der Waals surface area contributed by atoms with Crippen LogP contribution in [0.2, 0.25) is 0 Å². The number of nitrogens with zero attached hydrogens (tertiary/aromatic N) is 3. The minimum absolute atomic E-state index is 0.0197. The zero-order valence-electron chi connectivity index (χ0n) is 19.8. The number of pyridine rings is 1. The van der Waals surface area contributed by atoms with Gasteiger partial charge in [-0.25, -0.2) is 13.2 Å². The first-order chi connectivity index (χ1) is 16.2. The number of ether oxygens (including phenoxy) is 1. The monoisotopic (exact) mass is 483 g/mol. The Hall–Kier alpha value is -3.30. The Morgan fingerprint density at radius 2 is 1.76 bits per heavy atom. The quantitative estimate of drug-likeness (QED) is 0.322. The number of aromatic nitrogens is 2. The molecule has 3 rings (SSSR count). The summed E-state index contributed by atoms with van der Waals surface area (Å²) in [5.41, 5.74) is 2.40. The summed E-state index contributed by atoms with van der Waals surface area (Å²) < 4.78 is 35.0. The van der Waals surface area contributed by atoms with Gasteiger partial charge in [-0.05, 0) is 57.0 Å².